The fourth-order valence-corrected chi connectivity index (χ4v) is 2.81. The predicted octanol–water partition coefficient (Wildman–Crippen LogP) is 2.29. The standard InChI is InChI=1S/C12H17NO2S/c1-14-10-4-3-9(7-11(10)15-2)16-12(8-13)5-6-12/h3-4,7H,5-6,8,13H2,1-2H3. The topological polar surface area (TPSA) is 44.5 Å². The molecule has 0 heterocycles. The first-order valence-electron chi connectivity index (χ1n) is 5.34. The molecule has 1 saturated carbocycles. The maximum Gasteiger partial charge on any atom is 0.161 e. The van der Waals surface area contributed by atoms with E-state index in [0.717, 1.165) is 18.0 Å². The Bertz CT molecular complexity index is 377. The van der Waals surface area contributed by atoms with Crippen LogP contribution in [0, 0.1) is 0 Å². The monoisotopic (exact) mass is 239 g/mol. The minimum atomic E-state index is 0.277. The third-order valence-corrected chi connectivity index (χ3v) is 4.37. The van der Waals surface area contributed by atoms with Crippen LogP contribution in [0.1, 0.15) is 12.8 Å². The molecule has 1 fully saturated rings. The number of nitrogens with two attached hydrogens (primary N) is 1. The van der Waals surface area contributed by atoms with Gasteiger partial charge in [-0.1, -0.05) is 0 Å². The van der Waals surface area contributed by atoms with Gasteiger partial charge in [-0.3, -0.25) is 0 Å². The summed E-state index contributed by atoms with van der Waals surface area (Å²) >= 11 is 1.85. The van der Waals surface area contributed by atoms with Crippen molar-refractivity contribution >= 4 is 11.8 Å². The second-order valence-electron chi connectivity index (χ2n) is 4.01. The first-order chi connectivity index (χ1) is 7.73. The lowest BCUT2D eigenvalue weighted by Gasteiger charge is -2.13. The van der Waals surface area contributed by atoms with Crippen LogP contribution in [0.15, 0.2) is 23.1 Å². The number of ether oxygens (including phenoxy) is 2. The van der Waals surface area contributed by atoms with Crippen molar-refractivity contribution in [1.82, 2.24) is 0 Å². The number of methoxy groups -OCH3 is 2. The van der Waals surface area contributed by atoms with Gasteiger partial charge < -0.3 is 15.2 Å². The van der Waals surface area contributed by atoms with Crippen molar-refractivity contribution in [1.29, 1.82) is 0 Å². The molecule has 3 nitrogen and oxygen atoms in total. The fourth-order valence-electron chi connectivity index (χ4n) is 1.62. The summed E-state index contributed by atoms with van der Waals surface area (Å²) in [6, 6.07) is 6.01. The van der Waals surface area contributed by atoms with Gasteiger partial charge in [0.1, 0.15) is 0 Å². The number of rotatable bonds is 5. The molecule has 1 aromatic rings. The Balaban J connectivity index is 2.16. The summed E-state index contributed by atoms with van der Waals surface area (Å²) in [7, 11) is 3.30. The normalized spacial score (nSPS) is 16.9. The summed E-state index contributed by atoms with van der Waals surface area (Å²) < 4.78 is 10.8. The molecule has 2 N–H and O–H groups in total. The van der Waals surface area contributed by atoms with Crippen molar-refractivity contribution in [2.24, 2.45) is 5.73 Å². The van der Waals surface area contributed by atoms with E-state index in [0.29, 0.717) is 0 Å². The lowest BCUT2D eigenvalue weighted by molar-refractivity contribution is 0.354. The summed E-state index contributed by atoms with van der Waals surface area (Å²) in [5.74, 6) is 1.55. The Labute approximate surface area is 100 Å². The van der Waals surface area contributed by atoms with Crippen LogP contribution in [0.2, 0.25) is 0 Å². The molecule has 0 atom stereocenters. The zero-order valence-corrected chi connectivity index (χ0v) is 10.5. The summed E-state index contributed by atoms with van der Waals surface area (Å²) in [5.41, 5.74) is 5.77. The highest BCUT2D eigenvalue weighted by atomic mass is 32.2. The van der Waals surface area contributed by atoms with Gasteiger partial charge >= 0.3 is 0 Å². The quantitative estimate of drug-likeness (QED) is 0.856. The molecule has 1 aliphatic carbocycles. The zero-order chi connectivity index (χ0) is 11.6. The van der Waals surface area contributed by atoms with Crippen molar-refractivity contribution in [3.05, 3.63) is 18.2 Å². The lowest BCUT2D eigenvalue weighted by atomic mass is 10.3. The summed E-state index contributed by atoms with van der Waals surface area (Å²) in [4.78, 5) is 1.20. The second-order valence-corrected chi connectivity index (χ2v) is 5.55. The van der Waals surface area contributed by atoms with E-state index in [4.69, 9.17) is 15.2 Å². The minimum Gasteiger partial charge on any atom is -0.493 e. The van der Waals surface area contributed by atoms with E-state index in [1.54, 1.807) is 14.2 Å². The Morgan fingerprint density at radius 3 is 2.44 bits per heavy atom. The molecule has 2 rings (SSSR count). The van der Waals surface area contributed by atoms with Crippen molar-refractivity contribution in [3.8, 4) is 11.5 Å². The third kappa shape index (κ3) is 2.28. The van der Waals surface area contributed by atoms with Gasteiger partial charge in [-0.15, -0.1) is 11.8 Å². The maximum absolute atomic E-state index is 5.77. The van der Waals surface area contributed by atoms with E-state index < -0.39 is 0 Å². The van der Waals surface area contributed by atoms with Gasteiger partial charge in [-0.2, -0.15) is 0 Å². The Morgan fingerprint density at radius 2 is 1.94 bits per heavy atom. The number of hydrogen-bond acceptors (Lipinski definition) is 4. The van der Waals surface area contributed by atoms with Crippen LogP contribution < -0.4 is 15.2 Å². The first kappa shape index (κ1) is 11.6. The SMILES string of the molecule is COc1ccc(SC2(CN)CC2)cc1OC. The molecule has 88 valence electrons. The van der Waals surface area contributed by atoms with E-state index in [1.807, 2.05) is 23.9 Å². The van der Waals surface area contributed by atoms with Crippen molar-refractivity contribution in [2.45, 2.75) is 22.5 Å². The maximum atomic E-state index is 5.77. The average Bonchev–Trinajstić information content (AvgIpc) is 3.09. The highest BCUT2D eigenvalue weighted by Crippen LogP contribution is 2.51. The minimum absolute atomic E-state index is 0.277. The highest BCUT2D eigenvalue weighted by Gasteiger charge is 2.42. The molecule has 0 radical (unpaired) electrons. The molecule has 0 aromatic heterocycles. The van der Waals surface area contributed by atoms with Crippen molar-refractivity contribution in [2.75, 3.05) is 20.8 Å². The molecule has 0 saturated heterocycles. The Kier molecular flexibility index (Phi) is 3.30. The number of hydrogen-bond donors (Lipinski definition) is 1. The highest BCUT2D eigenvalue weighted by molar-refractivity contribution is 8.01. The molecule has 0 aliphatic heterocycles. The van der Waals surface area contributed by atoms with Crippen LogP contribution in [0.25, 0.3) is 0 Å². The van der Waals surface area contributed by atoms with Crippen molar-refractivity contribution < 1.29 is 9.47 Å². The average molecular weight is 239 g/mol. The van der Waals surface area contributed by atoms with Gasteiger partial charge in [0.05, 0.1) is 14.2 Å². The van der Waals surface area contributed by atoms with E-state index in [9.17, 15) is 0 Å². The molecule has 0 spiro atoms. The second kappa shape index (κ2) is 4.55. The molecule has 1 aromatic carbocycles. The van der Waals surface area contributed by atoms with Gasteiger partial charge in [0.2, 0.25) is 0 Å². The lowest BCUT2D eigenvalue weighted by Crippen LogP contribution is -2.17. The third-order valence-electron chi connectivity index (χ3n) is 2.87. The molecule has 0 bridgehead atoms. The van der Waals surface area contributed by atoms with E-state index >= 15 is 0 Å². The van der Waals surface area contributed by atoms with Gasteiger partial charge in [0.25, 0.3) is 0 Å². The first-order valence-corrected chi connectivity index (χ1v) is 6.16. The number of thioether (sulfide) groups is 1. The summed E-state index contributed by atoms with van der Waals surface area (Å²) in [6.45, 7) is 0.742. The van der Waals surface area contributed by atoms with Crippen molar-refractivity contribution in [3.63, 3.8) is 0 Å². The van der Waals surface area contributed by atoms with Crippen LogP contribution in [-0.2, 0) is 0 Å². The summed E-state index contributed by atoms with van der Waals surface area (Å²) in [5, 5.41) is 0. The molecule has 16 heavy (non-hydrogen) atoms. The molecular weight excluding hydrogens is 222 g/mol. The molecular formula is C12H17NO2S. The van der Waals surface area contributed by atoms with Crippen LogP contribution in [0.3, 0.4) is 0 Å². The molecule has 0 amide bonds. The molecule has 4 heteroatoms. The Hall–Kier alpha value is -0.870. The van der Waals surface area contributed by atoms with E-state index in [1.165, 1.54) is 17.7 Å². The van der Waals surface area contributed by atoms with Gasteiger partial charge in [-0.25, -0.2) is 0 Å². The summed E-state index contributed by atoms with van der Waals surface area (Å²) in [6.07, 6.45) is 2.42. The van der Waals surface area contributed by atoms with Crippen LogP contribution in [0.4, 0.5) is 0 Å². The smallest absolute Gasteiger partial charge is 0.161 e. The van der Waals surface area contributed by atoms with Crippen LogP contribution in [-0.4, -0.2) is 25.5 Å². The van der Waals surface area contributed by atoms with E-state index in [-0.39, 0.29) is 4.75 Å². The molecule has 1 aliphatic rings. The predicted molar refractivity (Wildman–Crippen MR) is 66.4 cm³/mol. The van der Waals surface area contributed by atoms with Gasteiger partial charge in [0, 0.05) is 16.2 Å². The largest absolute Gasteiger partial charge is 0.493 e. The number of benzene rings is 1. The van der Waals surface area contributed by atoms with E-state index in [2.05, 4.69) is 6.07 Å². The van der Waals surface area contributed by atoms with Gasteiger partial charge in [0.15, 0.2) is 11.5 Å². The zero-order valence-electron chi connectivity index (χ0n) is 9.66. The van der Waals surface area contributed by atoms with Crippen LogP contribution >= 0.6 is 11.8 Å². The van der Waals surface area contributed by atoms with Crippen LogP contribution in [0.5, 0.6) is 11.5 Å². The Morgan fingerprint density at radius 1 is 1.25 bits per heavy atom. The fraction of sp³-hybridized carbons (Fsp3) is 0.500. The van der Waals surface area contributed by atoms with Gasteiger partial charge in [-0.05, 0) is 31.0 Å². The molecule has 0 unspecified atom stereocenters.